The van der Waals surface area contributed by atoms with Crippen LogP contribution in [0.5, 0.6) is 0 Å². The third-order valence-corrected chi connectivity index (χ3v) is 5.66. The van der Waals surface area contributed by atoms with Crippen LogP contribution in [0.15, 0.2) is 0 Å². The highest BCUT2D eigenvalue weighted by molar-refractivity contribution is 8.32. The van der Waals surface area contributed by atoms with E-state index in [0.29, 0.717) is 4.71 Å². The molecule has 0 radical (unpaired) electrons. The van der Waals surface area contributed by atoms with Crippen LogP contribution in [0, 0.1) is 0 Å². The summed E-state index contributed by atoms with van der Waals surface area (Å²) in [5.41, 5.74) is 0. The van der Waals surface area contributed by atoms with E-state index in [1.807, 2.05) is 35.3 Å². The number of hydrogen-bond donors (Lipinski definition) is 0. The van der Waals surface area contributed by atoms with Crippen molar-refractivity contribution in [3.63, 3.8) is 0 Å². The van der Waals surface area contributed by atoms with Gasteiger partial charge >= 0.3 is 0 Å². The number of rotatable bonds is 1. The van der Waals surface area contributed by atoms with Crippen LogP contribution in [0.4, 0.5) is 0 Å². The average molecular weight is 181 g/mol. The van der Waals surface area contributed by atoms with Crippen LogP contribution in [0.25, 0.3) is 0 Å². The molecule has 0 saturated carbocycles. The van der Waals surface area contributed by atoms with Crippen molar-refractivity contribution in [1.29, 1.82) is 0 Å². The smallest absolute Gasteiger partial charge is 0.104 e. The molecule has 0 spiro atoms. The first-order chi connectivity index (χ1) is 4.30. The molecule has 0 unspecified atom stereocenters. The molecule has 0 aromatic heterocycles. The van der Waals surface area contributed by atoms with E-state index in [1.54, 1.807) is 0 Å². The van der Waals surface area contributed by atoms with Gasteiger partial charge in [-0.3, -0.25) is 4.90 Å². The van der Waals surface area contributed by atoms with Gasteiger partial charge in [-0.05, 0) is 14.1 Å². The van der Waals surface area contributed by atoms with Gasteiger partial charge in [0.25, 0.3) is 0 Å². The van der Waals surface area contributed by atoms with Gasteiger partial charge in [-0.15, -0.1) is 35.3 Å². The second kappa shape index (κ2) is 4.01. The summed E-state index contributed by atoms with van der Waals surface area (Å²) in [4.78, 5) is 2.27. The standard InChI is InChI=1S/C5H11NS3/c1-6(2)5-8-3-7-4-9-5/h5H,3-4H2,1-2H3. The van der Waals surface area contributed by atoms with Gasteiger partial charge in [-0.1, -0.05) is 0 Å². The first kappa shape index (κ1) is 8.11. The second-order valence-electron chi connectivity index (χ2n) is 2.04. The second-order valence-corrected chi connectivity index (χ2v) is 6.20. The summed E-state index contributed by atoms with van der Waals surface area (Å²) in [5.74, 6) is 0. The van der Waals surface area contributed by atoms with Crippen LogP contribution < -0.4 is 0 Å². The van der Waals surface area contributed by atoms with Crippen molar-refractivity contribution < 1.29 is 0 Å². The van der Waals surface area contributed by atoms with E-state index in [2.05, 4.69) is 19.0 Å². The van der Waals surface area contributed by atoms with Gasteiger partial charge in [0, 0.05) is 10.2 Å². The van der Waals surface area contributed by atoms with Crippen molar-refractivity contribution in [2.75, 3.05) is 24.3 Å². The minimum Gasteiger partial charge on any atom is -0.289 e. The lowest BCUT2D eigenvalue weighted by Gasteiger charge is -2.26. The van der Waals surface area contributed by atoms with E-state index in [1.165, 1.54) is 10.2 Å². The molecule has 0 aliphatic carbocycles. The van der Waals surface area contributed by atoms with E-state index < -0.39 is 0 Å². The molecule has 1 nitrogen and oxygen atoms in total. The van der Waals surface area contributed by atoms with Crippen molar-refractivity contribution in [2.45, 2.75) is 4.71 Å². The van der Waals surface area contributed by atoms with E-state index in [4.69, 9.17) is 0 Å². The highest BCUT2D eigenvalue weighted by atomic mass is 32.3. The third-order valence-electron chi connectivity index (χ3n) is 1.01. The number of hydrogen-bond acceptors (Lipinski definition) is 4. The Morgan fingerprint density at radius 3 is 2.11 bits per heavy atom. The van der Waals surface area contributed by atoms with Crippen LogP contribution >= 0.6 is 35.3 Å². The molecule has 1 aliphatic rings. The molecule has 1 fully saturated rings. The lowest BCUT2D eigenvalue weighted by Crippen LogP contribution is -2.23. The Bertz CT molecular complexity index is 80.3. The summed E-state index contributed by atoms with van der Waals surface area (Å²) < 4.78 is 0.700. The van der Waals surface area contributed by atoms with Gasteiger partial charge in [0.2, 0.25) is 0 Å². The molecular formula is C5H11NS3. The Morgan fingerprint density at radius 2 is 1.78 bits per heavy atom. The normalized spacial score (nSPS) is 23.0. The van der Waals surface area contributed by atoms with Crippen molar-refractivity contribution in [1.82, 2.24) is 4.90 Å². The number of thioether (sulfide) groups is 3. The maximum absolute atomic E-state index is 2.27. The molecule has 1 aliphatic heterocycles. The predicted molar refractivity (Wildman–Crippen MR) is 50.0 cm³/mol. The molecule has 0 aromatic rings. The van der Waals surface area contributed by atoms with Crippen molar-refractivity contribution in [2.24, 2.45) is 0 Å². The first-order valence-electron chi connectivity index (χ1n) is 2.78. The molecule has 1 heterocycles. The number of nitrogens with zero attached hydrogens (tertiary/aromatic N) is 1. The fourth-order valence-electron chi connectivity index (χ4n) is 0.593. The van der Waals surface area contributed by atoms with Gasteiger partial charge in [0.1, 0.15) is 4.71 Å². The van der Waals surface area contributed by atoms with E-state index in [-0.39, 0.29) is 0 Å². The van der Waals surface area contributed by atoms with Gasteiger partial charge in [0.05, 0.1) is 0 Å². The molecule has 0 aromatic carbocycles. The Balaban J connectivity index is 2.23. The van der Waals surface area contributed by atoms with E-state index in [0.717, 1.165) is 0 Å². The Morgan fingerprint density at radius 1 is 1.22 bits per heavy atom. The molecule has 0 amide bonds. The minimum absolute atomic E-state index is 0.700. The zero-order valence-corrected chi connectivity index (χ0v) is 8.11. The maximum Gasteiger partial charge on any atom is 0.104 e. The van der Waals surface area contributed by atoms with E-state index in [9.17, 15) is 0 Å². The van der Waals surface area contributed by atoms with Crippen LogP contribution in [-0.2, 0) is 0 Å². The summed E-state index contributed by atoms with van der Waals surface area (Å²) in [6, 6.07) is 0. The molecule has 0 bridgehead atoms. The van der Waals surface area contributed by atoms with Crippen molar-refractivity contribution >= 4 is 35.3 Å². The molecular weight excluding hydrogens is 170 g/mol. The minimum atomic E-state index is 0.700. The molecule has 0 N–H and O–H groups in total. The zero-order valence-electron chi connectivity index (χ0n) is 5.66. The predicted octanol–water partition coefficient (Wildman–Crippen LogP) is 1.96. The average Bonchev–Trinajstić information content (AvgIpc) is 1.90. The van der Waals surface area contributed by atoms with Gasteiger partial charge in [0.15, 0.2) is 0 Å². The lowest BCUT2D eigenvalue weighted by atomic mass is 11.0. The fraction of sp³-hybridized carbons (Fsp3) is 1.00. The summed E-state index contributed by atoms with van der Waals surface area (Å²) in [7, 11) is 4.28. The summed E-state index contributed by atoms with van der Waals surface area (Å²) >= 11 is 6.06. The van der Waals surface area contributed by atoms with E-state index >= 15 is 0 Å². The van der Waals surface area contributed by atoms with Crippen LogP contribution in [-0.4, -0.2) is 33.9 Å². The van der Waals surface area contributed by atoms with Crippen molar-refractivity contribution in [3.05, 3.63) is 0 Å². The molecule has 54 valence electrons. The molecule has 9 heavy (non-hydrogen) atoms. The van der Waals surface area contributed by atoms with Gasteiger partial charge < -0.3 is 0 Å². The van der Waals surface area contributed by atoms with Gasteiger partial charge in [-0.2, -0.15) is 0 Å². The SMILES string of the molecule is CN(C)C1SCSCS1. The summed E-state index contributed by atoms with van der Waals surface area (Å²) in [5, 5.41) is 2.52. The maximum atomic E-state index is 2.27. The van der Waals surface area contributed by atoms with Crippen LogP contribution in [0.3, 0.4) is 0 Å². The van der Waals surface area contributed by atoms with Crippen LogP contribution in [0.2, 0.25) is 0 Å². The van der Waals surface area contributed by atoms with Crippen molar-refractivity contribution in [3.8, 4) is 0 Å². The van der Waals surface area contributed by atoms with Gasteiger partial charge in [-0.25, -0.2) is 0 Å². The first-order valence-corrected chi connectivity index (χ1v) is 6.03. The Labute approximate surface area is 69.3 Å². The van der Waals surface area contributed by atoms with Crippen LogP contribution in [0.1, 0.15) is 0 Å². The zero-order chi connectivity index (χ0) is 6.69. The summed E-state index contributed by atoms with van der Waals surface area (Å²) in [6.45, 7) is 0. The topological polar surface area (TPSA) is 3.24 Å². The molecule has 0 atom stereocenters. The highest BCUT2D eigenvalue weighted by Crippen LogP contribution is 2.36. The quantitative estimate of drug-likeness (QED) is 0.608. The largest absolute Gasteiger partial charge is 0.289 e. The highest BCUT2D eigenvalue weighted by Gasteiger charge is 2.15. The Kier molecular flexibility index (Phi) is 3.61. The lowest BCUT2D eigenvalue weighted by molar-refractivity contribution is 0.460. The monoisotopic (exact) mass is 181 g/mol. The molecule has 1 saturated heterocycles. The Hall–Kier alpha value is 1.01. The third kappa shape index (κ3) is 2.62. The summed E-state index contributed by atoms with van der Waals surface area (Å²) in [6.07, 6.45) is 0. The molecule has 4 heteroatoms. The molecule has 1 rings (SSSR count). The fourth-order valence-corrected chi connectivity index (χ4v) is 5.16.